The molecule has 0 bridgehead atoms. The average molecular weight is 240 g/mol. The summed E-state index contributed by atoms with van der Waals surface area (Å²) in [6.45, 7) is 2.23. The van der Waals surface area contributed by atoms with E-state index in [0.29, 0.717) is 12.0 Å². The standard InChI is InChI=1S/C13H24N2O2/c1-2-5-10-8-11(10)14-12(17)15-13(9-16)6-3-4-7-13/h10-11,16H,2-9H2,1H3,(H2,14,15,17). The minimum Gasteiger partial charge on any atom is -0.394 e. The summed E-state index contributed by atoms with van der Waals surface area (Å²) in [5.41, 5.74) is -0.348. The summed E-state index contributed by atoms with van der Waals surface area (Å²) < 4.78 is 0. The first-order chi connectivity index (χ1) is 8.19. The van der Waals surface area contributed by atoms with Gasteiger partial charge in [-0.25, -0.2) is 4.79 Å². The highest BCUT2D eigenvalue weighted by Gasteiger charge is 2.39. The lowest BCUT2D eigenvalue weighted by molar-refractivity contribution is 0.162. The van der Waals surface area contributed by atoms with Crippen molar-refractivity contribution in [1.29, 1.82) is 0 Å². The van der Waals surface area contributed by atoms with E-state index < -0.39 is 0 Å². The quantitative estimate of drug-likeness (QED) is 0.686. The van der Waals surface area contributed by atoms with Gasteiger partial charge in [0.2, 0.25) is 0 Å². The Morgan fingerprint density at radius 3 is 2.71 bits per heavy atom. The third-order valence-corrected chi connectivity index (χ3v) is 4.14. The molecule has 0 spiro atoms. The predicted molar refractivity (Wildman–Crippen MR) is 66.8 cm³/mol. The fourth-order valence-electron chi connectivity index (χ4n) is 2.93. The largest absolute Gasteiger partial charge is 0.394 e. The van der Waals surface area contributed by atoms with Crippen LogP contribution in [0.3, 0.4) is 0 Å². The molecular weight excluding hydrogens is 216 g/mol. The molecule has 2 atom stereocenters. The topological polar surface area (TPSA) is 61.4 Å². The number of rotatable bonds is 5. The number of aliphatic hydroxyl groups excluding tert-OH is 1. The number of aliphatic hydroxyl groups is 1. The Balaban J connectivity index is 1.74. The number of carbonyl (C=O) groups excluding carboxylic acids is 1. The van der Waals surface area contributed by atoms with Crippen LogP contribution in [0.25, 0.3) is 0 Å². The van der Waals surface area contributed by atoms with Gasteiger partial charge in [0, 0.05) is 6.04 Å². The van der Waals surface area contributed by atoms with E-state index in [2.05, 4.69) is 17.6 Å². The van der Waals surface area contributed by atoms with Crippen LogP contribution in [0.1, 0.15) is 51.9 Å². The van der Waals surface area contributed by atoms with Gasteiger partial charge >= 0.3 is 6.03 Å². The molecule has 4 nitrogen and oxygen atoms in total. The second kappa shape index (κ2) is 5.25. The minimum absolute atomic E-state index is 0.0590. The molecule has 98 valence electrons. The summed E-state index contributed by atoms with van der Waals surface area (Å²) in [5.74, 6) is 0.680. The van der Waals surface area contributed by atoms with Crippen molar-refractivity contribution >= 4 is 6.03 Å². The van der Waals surface area contributed by atoms with Gasteiger partial charge in [-0.3, -0.25) is 0 Å². The molecule has 3 N–H and O–H groups in total. The highest BCUT2D eigenvalue weighted by molar-refractivity contribution is 5.75. The van der Waals surface area contributed by atoms with E-state index in [4.69, 9.17) is 0 Å². The van der Waals surface area contributed by atoms with Crippen molar-refractivity contribution in [3.05, 3.63) is 0 Å². The molecule has 17 heavy (non-hydrogen) atoms. The van der Waals surface area contributed by atoms with Crippen molar-refractivity contribution in [2.45, 2.75) is 63.5 Å². The van der Waals surface area contributed by atoms with Crippen LogP contribution in [-0.4, -0.2) is 29.3 Å². The van der Waals surface area contributed by atoms with Crippen LogP contribution in [0, 0.1) is 5.92 Å². The highest BCUT2D eigenvalue weighted by atomic mass is 16.3. The maximum Gasteiger partial charge on any atom is 0.315 e. The lowest BCUT2D eigenvalue weighted by atomic mass is 9.99. The first-order valence-electron chi connectivity index (χ1n) is 6.88. The monoisotopic (exact) mass is 240 g/mol. The molecular formula is C13H24N2O2. The van der Waals surface area contributed by atoms with Crippen LogP contribution in [0.15, 0.2) is 0 Å². The summed E-state index contributed by atoms with van der Waals surface area (Å²) in [7, 11) is 0. The normalized spacial score (nSPS) is 30.0. The Bertz CT molecular complexity index is 275. The van der Waals surface area contributed by atoms with Crippen LogP contribution in [-0.2, 0) is 0 Å². The van der Waals surface area contributed by atoms with Crippen molar-refractivity contribution in [3.8, 4) is 0 Å². The van der Waals surface area contributed by atoms with Crippen molar-refractivity contribution in [2.75, 3.05) is 6.61 Å². The smallest absolute Gasteiger partial charge is 0.315 e. The molecule has 4 heteroatoms. The second-order valence-electron chi connectivity index (χ2n) is 5.63. The van der Waals surface area contributed by atoms with Gasteiger partial charge in [0.05, 0.1) is 12.1 Å². The minimum atomic E-state index is -0.348. The maximum atomic E-state index is 11.8. The van der Waals surface area contributed by atoms with Crippen molar-refractivity contribution in [3.63, 3.8) is 0 Å². The van der Waals surface area contributed by atoms with E-state index in [9.17, 15) is 9.90 Å². The van der Waals surface area contributed by atoms with Crippen molar-refractivity contribution in [2.24, 2.45) is 5.92 Å². The third kappa shape index (κ3) is 3.12. The third-order valence-electron chi connectivity index (χ3n) is 4.14. The summed E-state index contributed by atoms with van der Waals surface area (Å²) in [4.78, 5) is 11.8. The first-order valence-corrected chi connectivity index (χ1v) is 6.88. The zero-order valence-electron chi connectivity index (χ0n) is 10.7. The molecule has 2 unspecified atom stereocenters. The van der Waals surface area contributed by atoms with Gasteiger partial charge in [-0.2, -0.15) is 0 Å². The average Bonchev–Trinajstić information content (AvgIpc) is 2.86. The highest BCUT2D eigenvalue weighted by Crippen LogP contribution is 2.34. The number of hydrogen-bond acceptors (Lipinski definition) is 2. The molecule has 0 aromatic heterocycles. The van der Waals surface area contributed by atoms with Gasteiger partial charge in [-0.15, -0.1) is 0 Å². The zero-order valence-corrected chi connectivity index (χ0v) is 10.7. The van der Waals surface area contributed by atoms with Gasteiger partial charge < -0.3 is 15.7 Å². The molecule has 0 saturated heterocycles. The Labute approximate surface area is 103 Å². The van der Waals surface area contributed by atoms with E-state index in [1.165, 1.54) is 12.8 Å². The summed E-state index contributed by atoms with van der Waals surface area (Å²) in [5, 5.41) is 15.4. The van der Waals surface area contributed by atoms with Gasteiger partial charge in [0.25, 0.3) is 0 Å². The molecule has 0 radical (unpaired) electrons. The van der Waals surface area contributed by atoms with Gasteiger partial charge in [0.15, 0.2) is 0 Å². The fourth-order valence-corrected chi connectivity index (χ4v) is 2.93. The predicted octanol–water partition coefficient (Wildman–Crippen LogP) is 1.78. The number of amides is 2. The van der Waals surface area contributed by atoms with E-state index in [0.717, 1.165) is 32.1 Å². The Morgan fingerprint density at radius 1 is 1.41 bits per heavy atom. The Hall–Kier alpha value is -0.770. The first kappa shape index (κ1) is 12.7. The van der Waals surface area contributed by atoms with Crippen LogP contribution < -0.4 is 10.6 Å². The zero-order chi connectivity index (χ0) is 12.3. The molecule has 0 heterocycles. The number of nitrogens with one attached hydrogen (secondary N) is 2. The molecule has 2 amide bonds. The number of hydrogen-bond donors (Lipinski definition) is 3. The molecule has 2 aliphatic rings. The van der Waals surface area contributed by atoms with Crippen LogP contribution in [0.5, 0.6) is 0 Å². The number of urea groups is 1. The fraction of sp³-hybridized carbons (Fsp3) is 0.923. The van der Waals surface area contributed by atoms with E-state index >= 15 is 0 Å². The SMILES string of the molecule is CCCC1CC1NC(=O)NC1(CO)CCCC1. The van der Waals surface area contributed by atoms with Crippen molar-refractivity contribution < 1.29 is 9.90 Å². The lowest BCUT2D eigenvalue weighted by Crippen LogP contribution is -2.53. The molecule has 0 aliphatic heterocycles. The van der Waals surface area contributed by atoms with E-state index in [1.54, 1.807) is 0 Å². The lowest BCUT2D eigenvalue weighted by Gasteiger charge is -2.28. The molecule has 2 rings (SSSR count). The van der Waals surface area contributed by atoms with Crippen molar-refractivity contribution in [1.82, 2.24) is 10.6 Å². The Kier molecular flexibility index (Phi) is 3.92. The number of carbonyl (C=O) groups is 1. The second-order valence-corrected chi connectivity index (χ2v) is 5.63. The van der Waals surface area contributed by atoms with Gasteiger partial charge in [-0.1, -0.05) is 26.2 Å². The van der Waals surface area contributed by atoms with Gasteiger partial charge in [-0.05, 0) is 31.6 Å². The summed E-state index contributed by atoms with van der Waals surface area (Å²) in [6, 6.07) is 0.275. The molecule has 0 aromatic rings. The van der Waals surface area contributed by atoms with Crippen LogP contribution >= 0.6 is 0 Å². The molecule has 2 fully saturated rings. The van der Waals surface area contributed by atoms with E-state index in [-0.39, 0.29) is 18.2 Å². The van der Waals surface area contributed by atoms with E-state index in [1.807, 2.05) is 0 Å². The van der Waals surface area contributed by atoms with Crippen LogP contribution in [0.2, 0.25) is 0 Å². The molecule has 2 aliphatic carbocycles. The summed E-state index contributed by atoms with van der Waals surface area (Å²) in [6.07, 6.45) is 7.51. The van der Waals surface area contributed by atoms with Crippen LogP contribution in [0.4, 0.5) is 4.79 Å². The molecule has 0 aromatic carbocycles. The maximum absolute atomic E-state index is 11.8. The summed E-state index contributed by atoms with van der Waals surface area (Å²) >= 11 is 0. The van der Waals surface area contributed by atoms with Gasteiger partial charge in [0.1, 0.15) is 0 Å². The molecule has 2 saturated carbocycles. The Morgan fingerprint density at radius 2 is 2.12 bits per heavy atom.